The van der Waals surface area contributed by atoms with Crippen LogP contribution in [-0.2, 0) is 0 Å². The van der Waals surface area contributed by atoms with Gasteiger partial charge in [0.1, 0.15) is 23.2 Å². The first-order valence-electron chi connectivity index (χ1n) is 11.4. The summed E-state index contributed by atoms with van der Waals surface area (Å²) in [5, 5.41) is 6.70. The fourth-order valence-electron chi connectivity index (χ4n) is 4.68. The summed E-state index contributed by atoms with van der Waals surface area (Å²) in [6, 6.07) is 5.48. The lowest BCUT2D eigenvalue weighted by atomic mass is 9.98. The van der Waals surface area contributed by atoms with Gasteiger partial charge in [0.05, 0.1) is 11.2 Å². The van der Waals surface area contributed by atoms with Crippen LogP contribution in [0.5, 0.6) is 0 Å². The summed E-state index contributed by atoms with van der Waals surface area (Å²) >= 11 is 5.91. The van der Waals surface area contributed by atoms with Gasteiger partial charge < -0.3 is 20.4 Å². The van der Waals surface area contributed by atoms with Crippen molar-refractivity contribution in [3.8, 4) is 0 Å². The highest BCUT2D eigenvalue weighted by Gasteiger charge is 2.27. The minimum Gasteiger partial charge on any atom is -0.351 e. The first-order chi connectivity index (χ1) is 16.0. The second-order valence-corrected chi connectivity index (χ2v) is 9.30. The summed E-state index contributed by atoms with van der Waals surface area (Å²) < 4.78 is 13.5. The highest BCUT2D eigenvalue weighted by molar-refractivity contribution is 6.31. The lowest BCUT2D eigenvalue weighted by Crippen LogP contribution is -2.48. The van der Waals surface area contributed by atoms with Crippen molar-refractivity contribution in [3.05, 3.63) is 41.6 Å². The van der Waals surface area contributed by atoms with Gasteiger partial charge in [-0.25, -0.2) is 24.3 Å². The minimum atomic E-state index is -0.467. The minimum absolute atomic E-state index is 0.0435. The highest BCUT2D eigenvalue weighted by Crippen LogP contribution is 2.26. The Hall–Kier alpha value is -2.62. The zero-order chi connectivity index (χ0) is 22.8. The third kappa shape index (κ3) is 5.15. The van der Waals surface area contributed by atoms with Crippen LogP contribution in [0.1, 0.15) is 25.7 Å². The first kappa shape index (κ1) is 22.2. The van der Waals surface area contributed by atoms with Crippen molar-refractivity contribution in [3.63, 3.8) is 0 Å². The summed E-state index contributed by atoms with van der Waals surface area (Å²) in [6.07, 6.45) is 7.80. The molecule has 0 radical (unpaired) electrons. The van der Waals surface area contributed by atoms with Gasteiger partial charge in [0.25, 0.3) is 0 Å². The third-order valence-corrected chi connectivity index (χ3v) is 6.92. The first-order valence-corrected chi connectivity index (χ1v) is 11.8. The molecule has 1 aromatic carbocycles. The van der Waals surface area contributed by atoms with Crippen LogP contribution in [0.3, 0.4) is 0 Å². The van der Waals surface area contributed by atoms with E-state index in [2.05, 4.69) is 47.4 Å². The third-order valence-electron chi connectivity index (χ3n) is 6.63. The zero-order valence-electron chi connectivity index (χ0n) is 18.6. The number of hydrogen-bond acceptors (Lipinski definition) is 8. The number of aromatic nitrogens is 4. The number of piperidine rings is 2. The molecule has 0 saturated carbocycles. The Balaban J connectivity index is 1.26. The SMILES string of the molecule is CN1CCC(N2CCC(Nc3ncc4ncnc(Nc5ccc(F)c(Cl)c5)c4n3)CC2)CC1. The number of halogens is 2. The molecule has 2 fully saturated rings. The molecule has 10 heteroatoms. The van der Waals surface area contributed by atoms with Crippen LogP contribution < -0.4 is 10.6 Å². The highest BCUT2D eigenvalue weighted by atomic mass is 35.5. The number of anilines is 3. The zero-order valence-corrected chi connectivity index (χ0v) is 19.4. The maximum Gasteiger partial charge on any atom is 0.223 e. The fourth-order valence-corrected chi connectivity index (χ4v) is 4.86. The molecular formula is C23H28ClFN8. The van der Waals surface area contributed by atoms with Gasteiger partial charge >= 0.3 is 0 Å². The van der Waals surface area contributed by atoms with Crippen molar-refractivity contribution in [1.82, 2.24) is 29.7 Å². The molecule has 2 aliphatic heterocycles. The van der Waals surface area contributed by atoms with E-state index in [0.29, 0.717) is 40.6 Å². The second-order valence-electron chi connectivity index (χ2n) is 8.89. The van der Waals surface area contributed by atoms with Crippen LogP contribution in [0.2, 0.25) is 5.02 Å². The lowest BCUT2D eigenvalue weighted by Gasteiger charge is -2.41. The van der Waals surface area contributed by atoms with Gasteiger partial charge in [0.15, 0.2) is 5.82 Å². The van der Waals surface area contributed by atoms with Crippen molar-refractivity contribution in [2.75, 3.05) is 43.9 Å². The lowest BCUT2D eigenvalue weighted by molar-refractivity contribution is 0.0993. The molecule has 2 saturated heterocycles. The van der Waals surface area contributed by atoms with E-state index < -0.39 is 5.82 Å². The average molecular weight is 471 g/mol. The van der Waals surface area contributed by atoms with E-state index in [9.17, 15) is 4.39 Å². The number of rotatable bonds is 5. The summed E-state index contributed by atoms with van der Waals surface area (Å²) in [7, 11) is 2.21. The van der Waals surface area contributed by atoms with E-state index in [0.717, 1.165) is 25.9 Å². The van der Waals surface area contributed by atoms with Crippen molar-refractivity contribution in [2.24, 2.45) is 0 Å². The van der Waals surface area contributed by atoms with Crippen molar-refractivity contribution >= 4 is 40.1 Å². The maximum atomic E-state index is 13.5. The molecular weight excluding hydrogens is 443 g/mol. The van der Waals surface area contributed by atoms with E-state index in [4.69, 9.17) is 11.6 Å². The molecule has 33 heavy (non-hydrogen) atoms. The van der Waals surface area contributed by atoms with Crippen LogP contribution in [0.25, 0.3) is 11.0 Å². The van der Waals surface area contributed by atoms with E-state index in [1.54, 1.807) is 12.3 Å². The van der Waals surface area contributed by atoms with E-state index >= 15 is 0 Å². The standard InChI is InChI=1S/C23H28ClFN8/c1-32-8-6-17(7-9-32)33-10-4-15(5-11-33)30-23-26-13-20-21(31-23)22(28-14-27-20)29-16-2-3-19(25)18(24)12-16/h2-3,12-15,17H,4-11H2,1H3,(H,26,30,31)(H,27,28,29). The summed E-state index contributed by atoms with van der Waals surface area (Å²) in [4.78, 5) is 22.8. The summed E-state index contributed by atoms with van der Waals surface area (Å²) in [5.41, 5.74) is 1.85. The van der Waals surface area contributed by atoms with Crippen LogP contribution >= 0.6 is 11.6 Å². The molecule has 2 aromatic heterocycles. The molecule has 0 spiro atoms. The number of fused-ring (bicyclic) bond motifs is 1. The molecule has 2 N–H and O–H groups in total. The van der Waals surface area contributed by atoms with E-state index in [1.165, 1.54) is 44.4 Å². The predicted octanol–water partition coefficient (Wildman–Crippen LogP) is 3.93. The van der Waals surface area contributed by atoms with Crippen LogP contribution in [0.15, 0.2) is 30.7 Å². The molecule has 8 nitrogen and oxygen atoms in total. The second kappa shape index (κ2) is 9.70. The molecule has 0 amide bonds. The number of likely N-dealkylation sites (tertiary alicyclic amines) is 2. The average Bonchev–Trinajstić information content (AvgIpc) is 2.83. The normalized spacial score (nSPS) is 19.1. The maximum absolute atomic E-state index is 13.5. The quantitative estimate of drug-likeness (QED) is 0.580. The Labute approximate surface area is 197 Å². The predicted molar refractivity (Wildman–Crippen MR) is 129 cm³/mol. The topological polar surface area (TPSA) is 82.1 Å². The number of hydrogen-bond donors (Lipinski definition) is 2. The van der Waals surface area contributed by atoms with Gasteiger partial charge in [-0.15, -0.1) is 0 Å². The van der Waals surface area contributed by atoms with Gasteiger partial charge in [0.2, 0.25) is 5.95 Å². The van der Waals surface area contributed by atoms with Gasteiger partial charge in [0, 0.05) is 30.9 Å². The molecule has 0 atom stereocenters. The number of nitrogens with zero attached hydrogens (tertiary/aromatic N) is 6. The smallest absolute Gasteiger partial charge is 0.223 e. The molecule has 2 aliphatic rings. The molecule has 0 bridgehead atoms. The number of nitrogens with one attached hydrogen (secondary N) is 2. The molecule has 0 unspecified atom stereocenters. The molecule has 4 heterocycles. The number of benzene rings is 1. The van der Waals surface area contributed by atoms with Crippen molar-refractivity contribution < 1.29 is 4.39 Å². The Morgan fingerprint density at radius 3 is 2.58 bits per heavy atom. The Kier molecular flexibility index (Phi) is 6.52. The molecule has 174 valence electrons. The van der Waals surface area contributed by atoms with E-state index in [-0.39, 0.29) is 5.02 Å². The Bertz CT molecular complexity index is 1110. The van der Waals surface area contributed by atoms with Crippen LogP contribution in [0, 0.1) is 5.82 Å². The summed E-state index contributed by atoms with van der Waals surface area (Å²) in [6.45, 7) is 4.58. The summed E-state index contributed by atoms with van der Waals surface area (Å²) in [5.74, 6) is 0.617. The monoisotopic (exact) mass is 470 g/mol. The molecule has 3 aromatic rings. The van der Waals surface area contributed by atoms with Crippen LogP contribution in [-0.4, -0.2) is 75.0 Å². The van der Waals surface area contributed by atoms with Gasteiger partial charge in [-0.1, -0.05) is 11.6 Å². The molecule has 0 aliphatic carbocycles. The van der Waals surface area contributed by atoms with Gasteiger partial charge in [-0.2, -0.15) is 0 Å². The van der Waals surface area contributed by atoms with E-state index in [1.807, 2.05) is 0 Å². The van der Waals surface area contributed by atoms with Crippen LogP contribution in [0.4, 0.5) is 21.8 Å². The largest absolute Gasteiger partial charge is 0.351 e. The molecule has 5 rings (SSSR count). The van der Waals surface area contributed by atoms with Crippen molar-refractivity contribution in [2.45, 2.75) is 37.8 Å². The van der Waals surface area contributed by atoms with Gasteiger partial charge in [-0.3, -0.25) is 0 Å². The van der Waals surface area contributed by atoms with Crippen molar-refractivity contribution in [1.29, 1.82) is 0 Å². The fraction of sp³-hybridized carbons (Fsp3) is 0.478. The Morgan fingerprint density at radius 2 is 1.82 bits per heavy atom. The Morgan fingerprint density at radius 1 is 1.03 bits per heavy atom. The van der Waals surface area contributed by atoms with Gasteiger partial charge in [-0.05, 0) is 64.0 Å².